The van der Waals surface area contributed by atoms with Crippen LogP contribution in [0.15, 0.2) is 60.9 Å². The third-order valence-electron chi connectivity index (χ3n) is 8.28. The number of hydrogen-bond acceptors (Lipinski definition) is 9. The summed E-state index contributed by atoms with van der Waals surface area (Å²) in [6.45, 7) is 8.53. The van der Waals surface area contributed by atoms with Gasteiger partial charge in [0.2, 0.25) is 0 Å². The molecule has 4 N–H and O–H groups in total. The normalized spacial score (nSPS) is 15.9. The van der Waals surface area contributed by atoms with Crippen LogP contribution in [0.5, 0.6) is 0 Å². The number of aryl methyl sites for hydroxylation is 1. The molecule has 0 radical (unpaired) electrons. The van der Waals surface area contributed by atoms with E-state index in [-0.39, 0.29) is 5.56 Å². The highest BCUT2D eigenvalue weighted by Gasteiger charge is 2.31. The van der Waals surface area contributed by atoms with Gasteiger partial charge < -0.3 is 26.2 Å². The summed E-state index contributed by atoms with van der Waals surface area (Å²) in [6.07, 6.45) is -0.818. The Kier molecular flexibility index (Phi) is 9.71. The quantitative estimate of drug-likeness (QED) is 0.159. The van der Waals surface area contributed by atoms with E-state index in [1.54, 1.807) is 16.8 Å². The van der Waals surface area contributed by atoms with Crippen molar-refractivity contribution < 1.29 is 18.0 Å². The molecule has 2 fully saturated rings. The van der Waals surface area contributed by atoms with Crippen molar-refractivity contribution in [2.75, 3.05) is 62.3 Å². The lowest BCUT2D eigenvalue weighted by Gasteiger charge is -2.32. The van der Waals surface area contributed by atoms with Crippen molar-refractivity contribution in [3.8, 4) is 5.82 Å². The fourth-order valence-electron chi connectivity index (χ4n) is 5.30. The highest BCUT2D eigenvalue weighted by Crippen LogP contribution is 2.31. The minimum atomic E-state index is -4.54. The third kappa shape index (κ3) is 8.64. The van der Waals surface area contributed by atoms with Crippen molar-refractivity contribution >= 4 is 28.9 Å². The first-order chi connectivity index (χ1) is 22.6. The molecule has 11 nitrogen and oxygen atoms in total. The molecule has 248 valence electrons. The van der Waals surface area contributed by atoms with Crippen LogP contribution in [-0.4, -0.2) is 87.8 Å². The van der Waals surface area contributed by atoms with Gasteiger partial charge in [0, 0.05) is 80.9 Å². The van der Waals surface area contributed by atoms with Gasteiger partial charge in [0.1, 0.15) is 18.0 Å². The van der Waals surface area contributed by atoms with E-state index in [9.17, 15) is 18.0 Å². The number of benzene rings is 2. The fraction of sp³-hybridized carbons (Fsp3) is 0.394. The summed E-state index contributed by atoms with van der Waals surface area (Å²) in [5.41, 5.74) is 1.85. The molecule has 2 aromatic heterocycles. The van der Waals surface area contributed by atoms with Crippen LogP contribution in [0, 0.1) is 6.92 Å². The monoisotopic (exact) mass is 648 g/mol. The molecule has 0 atom stereocenters. The second-order valence-electron chi connectivity index (χ2n) is 12.1. The third-order valence-corrected chi connectivity index (χ3v) is 8.28. The van der Waals surface area contributed by atoms with E-state index in [1.165, 1.54) is 18.5 Å². The summed E-state index contributed by atoms with van der Waals surface area (Å²) in [5.74, 6) is 1.32. The number of nitrogens with one attached hydrogen (secondary N) is 4. The first-order valence-electron chi connectivity index (χ1n) is 15.8. The molecule has 1 aliphatic carbocycles. The number of aromatic nitrogens is 4. The van der Waals surface area contributed by atoms with E-state index in [0.717, 1.165) is 81.3 Å². The molecule has 14 heteroatoms. The maximum Gasteiger partial charge on any atom is 0.416 e. The van der Waals surface area contributed by atoms with Gasteiger partial charge >= 0.3 is 6.18 Å². The number of nitrogens with zero attached hydrogens (tertiary/aromatic N) is 6. The number of rotatable bonds is 12. The topological polar surface area (TPSA) is 115 Å². The Hall–Kier alpha value is -4.53. The maximum absolute atomic E-state index is 13.2. The van der Waals surface area contributed by atoms with Crippen molar-refractivity contribution in [3.63, 3.8) is 0 Å². The second-order valence-corrected chi connectivity index (χ2v) is 12.1. The average molecular weight is 649 g/mol. The molecule has 47 heavy (non-hydrogen) atoms. The van der Waals surface area contributed by atoms with Gasteiger partial charge in [-0.25, -0.2) is 9.97 Å². The molecule has 2 aliphatic rings. The van der Waals surface area contributed by atoms with Gasteiger partial charge in [-0.05, 0) is 62.7 Å². The summed E-state index contributed by atoms with van der Waals surface area (Å²) in [6, 6.07) is 13.9. The van der Waals surface area contributed by atoms with Gasteiger partial charge in [-0.3, -0.25) is 9.69 Å². The molecule has 4 aromatic rings. The zero-order valence-electron chi connectivity index (χ0n) is 26.4. The Morgan fingerprint density at radius 1 is 1.00 bits per heavy atom. The summed E-state index contributed by atoms with van der Waals surface area (Å²) in [7, 11) is 2.15. The lowest BCUT2D eigenvalue weighted by molar-refractivity contribution is -0.137. The Balaban J connectivity index is 1.19. The molecule has 0 spiro atoms. The molecule has 6 rings (SSSR count). The standard InChI is InChI=1S/C33H39F3N10O/c1-22-6-7-26(41-32(47)23-4-3-5-24(16-23)33(34,35)36)17-28(22)42-31-18-27(20-37-10-11-45-14-12-44(2)13-15-45)43-46(31)30-19-29(38-21-39-30)40-25-8-9-25/h3-7,16-19,21,25,37,42H,8-15,20H2,1-2H3,(H,41,47)(H,38,39,40). The number of likely N-dealkylation sites (N-methyl/N-ethyl adjacent to an activating group) is 1. The van der Waals surface area contributed by atoms with E-state index in [1.807, 2.05) is 25.1 Å². The Labute approximate surface area is 271 Å². The number of carbonyl (C=O) groups excluding carboxylic acids is 1. The van der Waals surface area contributed by atoms with E-state index < -0.39 is 17.6 Å². The number of carbonyl (C=O) groups is 1. The summed E-state index contributed by atoms with van der Waals surface area (Å²) in [4.78, 5) is 26.6. The van der Waals surface area contributed by atoms with Crippen molar-refractivity contribution in [3.05, 3.63) is 83.3 Å². The van der Waals surface area contributed by atoms with Crippen LogP contribution in [0.4, 0.5) is 36.2 Å². The minimum absolute atomic E-state index is 0.0860. The summed E-state index contributed by atoms with van der Waals surface area (Å²) < 4.78 is 41.4. The number of hydrogen-bond donors (Lipinski definition) is 4. The van der Waals surface area contributed by atoms with Gasteiger partial charge in [0.05, 0.1) is 11.3 Å². The summed E-state index contributed by atoms with van der Waals surface area (Å²) >= 11 is 0. The number of amides is 1. The van der Waals surface area contributed by atoms with Gasteiger partial charge in [-0.2, -0.15) is 23.0 Å². The van der Waals surface area contributed by atoms with Gasteiger partial charge in [0.15, 0.2) is 5.82 Å². The van der Waals surface area contributed by atoms with Gasteiger partial charge in [-0.1, -0.05) is 12.1 Å². The van der Waals surface area contributed by atoms with Crippen LogP contribution in [0.1, 0.15) is 40.0 Å². The predicted octanol–water partition coefficient (Wildman–Crippen LogP) is 4.90. The number of alkyl halides is 3. The van der Waals surface area contributed by atoms with Crippen molar-refractivity contribution in [1.82, 2.24) is 34.9 Å². The lowest BCUT2D eigenvalue weighted by atomic mass is 10.1. The van der Waals surface area contributed by atoms with E-state index in [4.69, 9.17) is 5.10 Å². The molecule has 1 saturated heterocycles. The van der Waals surface area contributed by atoms with Crippen LogP contribution in [0.3, 0.4) is 0 Å². The lowest BCUT2D eigenvalue weighted by Crippen LogP contribution is -2.46. The molecule has 1 saturated carbocycles. The van der Waals surface area contributed by atoms with Gasteiger partial charge in [0.25, 0.3) is 5.91 Å². The molecule has 2 aromatic carbocycles. The number of anilines is 4. The van der Waals surface area contributed by atoms with Gasteiger partial charge in [-0.15, -0.1) is 0 Å². The summed E-state index contributed by atoms with van der Waals surface area (Å²) in [5, 5.41) is 17.9. The molecule has 3 heterocycles. The molecular weight excluding hydrogens is 609 g/mol. The van der Waals surface area contributed by atoms with E-state index >= 15 is 0 Å². The SMILES string of the molecule is Cc1ccc(NC(=O)c2cccc(C(F)(F)F)c2)cc1Nc1cc(CNCCN2CCN(C)CC2)nn1-c1cc(NC2CC2)ncn1. The number of halogens is 3. The Morgan fingerprint density at radius 2 is 1.81 bits per heavy atom. The van der Waals surface area contributed by atoms with Crippen molar-refractivity contribution in [1.29, 1.82) is 0 Å². The van der Waals surface area contributed by atoms with Crippen LogP contribution >= 0.6 is 0 Å². The molecule has 1 amide bonds. The average Bonchev–Trinajstić information content (AvgIpc) is 3.78. The number of piperazine rings is 1. The maximum atomic E-state index is 13.2. The highest BCUT2D eigenvalue weighted by molar-refractivity contribution is 6.04. The second kappa shape index (κ2) is 14.1. The molecular formula is C33H39F3N10O. The predicted molar refractivity (Wildman–Crippen MR) is 175 cm³/mol. The Morgan fingerprint density at radius 3 is 2.57 bits per heavy atom. The zero-order chi connectivity index (χ0) is 33.0. The largest absolute Gasteiger partial charge is 0.416 e. The van der Waals surface area contributed by atoms with Crippen LogP contribution in [0.25, 0.3) is 5.82 Å². The van der Waals surface area contributed by atoms with E-state index in [0.29, 0.717) is 35.6 Å². The van der Waals surface area contributed by atoms with Crippen LogP contribution < -0.4 is 21.3 Å². The molecule has 0 unspecified atom stereocenters. The Bertz CT molecular complexity index is 1700. The molecule has 1 aliphatic heterocycles. The zero-order valence-corrected chi connectivity index (χ0v) is 26.4. The minimum Gasteiger partial charge on any atom is -0.367 e. The smallest absolute Gasteiger partial charge is 0.367 e. The highest BCUT2D eigenvalue weighted by atomic mass is 19.4. The van der Waals surface area contributed by atoms with Crippen molar-refractivity contribution in [2.24, 2.45) is 0 Å². The van der Waals surface area contributed by atoms with E-state index in [2.05, 4.69) is 48.1 Å². The molecule has 0 bridgehead atoms. The first kappa shape index (κ1) is 32.4. The van der Waals surface area contributed by atoms with Crippen molar-refractivity contribution in [2.45, 2.75) is 38.5 Å². The first-order valence-corrected chi connectivity index (χ1v) is 15.8. The van der Waals surface area contributed by atoms with Crippen LogP contribution in [0.2, 0.25) is 0 Å². The fourth-order valence-corrected chi connectivity index (χ4v) is 5.30. The van der Waals surface area contributed by atoms with Crippen LogP contribution in [-0.2, 0) is 12.7 Å².